The van der Waals surface area contributed by atoms with E-state index in [1.807, 2.05) is 36.4 Å². The number of rotatable bonds is 3. The summed E-state index contributed by atoms with van der Waals surface area (Å²) in [5, 5.41) is 22.7. The molecule has 5 nitrogen and oxygen atoms in total. The molecule has 2 aromatic carbocycles. The van der Waals surface area contributed by atoms with Gasteiger partial charge in [-0.15, -0.1) is 0 Å². The zero-order chi connectivity index (χ0) is 15.5. The molecule has 3 aromatic rings. The fourth-order valence-corrected chi connectivity index (χ4v) is 2.19. The summed E-state index contributed by atoms with van der Waals surface area (Å²) in [7, 11) is 0. The van der Waals surface area contributed by atoms with E-state index in [0.29, 0.717) is 16.9 Å². The highest BCUT2D eigenvalue weighted by molar-refractivity contribution is 5.88. The lowest BCUT2D eigenvalue weighted by Gasteiger charge is -2.04. The summed E-state index contributed by atoms with van der Waals surface area (Å²) in [6.45, 7) is 0. The van der Waals surface area contributed by atoms with E-state index in [-0.39, 0.29) is 5.69 Å². The van der Waals surface area contributed by atoms with Gasteiger partial charge in [0.25, 0.3) is 0 Å². The number of aromatic nitrogens is 2. The van der Waals surface area contributed by atoms with Gasteiger partial charge in [0.05, 0.1) is 23.0 Å². The molecule has 0 saturated carbocycles. The van der Waals surface area contributed by atoms with Crippen molar-refractivity contribution in [3.05, 3.63) is 71.9 Å². The van der Waals surface area contributed by atoms with Gasteiger partial charge in [0.1, 0.15) is 0 Å². The van der Waals surface area contributed by atoms with E-state index in [1.54, 1.807) is 24.3 Å². The minimum atomic E-state index is -1.07. The molecule has 0 spiro atoms. The average molecular weight is 289 g/mol. The van der Waals surface area contributed by atoms with E-state index < -0.39 is 5.97 Å². The second-order valence-corrected chi connectivity index (χ2v) is 4.66. The maximum Gasteiger partial charge on any atom is 0.354 e. The topological polar surface area (TPSA) is 78.9 Å². The lowest BCUT2D eigenvalue weighted by atomic mass is 10.1. The van der Waals surface area contributed by atoms with Gasteiger partial charge in [0, 0.05) is 5.56 Å². The maximum absolute atomic E-state index is 11.5. The summed E-state index contributed by atoms with van der Waals surface area (Å²) in [6.07, 6.45) is 0. The van der Waals surface area contributed by atoms with Crippen molar-refractivity contribution in [1.29, 1.82) is 5.26 Å². The Hall–Kier alpha value is -3.39. The first-order chi connectivity index (χ1) is 10.7. The number of nitriles is 1. The van der Waals surface area contributed by atoms with Crippen LogP contribution in [0.3, 0.4) is 0 Å². The third kappa shape index (κ3) is 2.45. The largest absolute Gasteiger partial charge is 0.477 e. The summed E-state index contributed by atoms with van der Waals surface area (Å²) in [5.74, 6) is -1.07. The Balaban J connectivity index is 2.16. The SMILES string of the molecule is N#Cc1cccc(-n2nc(-c3ccccc3)cc2C(=O)O)c1. The number of benzene rings is 2. The van der Waals surface area contributed by atoms with Crippen molar-refractivity contribution >= 4 is 5.97 Å². The number of nitrogens with zero attached hydrogens (tertiary/aromatic N) is 3. The molecule has 1 aromatic heterocycles. The van der Waals surface area contributed by atoms with Crippen molar-refractivity contribution in [2.24, 2.45) is 0 Å². The number of carboxylic acids is 1. The zero-order valence-electron chi connectivity index (χ0n) is 11.5. The third-order valence-electron chi connectivity index (χ3n) is 3.22. The van der Waals surface area contributed by atoms with Gasteiger partial charge in [-0.25, -0.2) is 9.48 Å². The molecule has 0 aliphatic carbocycles. The third-order valence-corrected chi connectivity index (χ3v) is 3.22. The first kappa shape index (κ1) is 13.6. The highest BCUT2D eigenvalue weighted by Crippen LogP contribution is 2.22. The van der Waals surface area contributed by atoms with Crippen LogP contribution in [0.4, 0.5) is 0 Å². The number of aromatic carboxylic acids is 1. The normalized spacial score (nSPS) is 10.1. The van der Waals surface area contributed by atoms with Crippen molar-refractivity contribution in [3.63, 3.8) is 0 Å². The van der Waals surface area contributed by atoms with Gasteiger partial charge in [-0.05, 0) is 24.3 Å². The molecule has 3 rings (SSSR count). The van der Waals surface area contributed by atoms with Crippen LogP contribution in [-0.4, -0.2) is 20.9 Å². The molecule has 106 valence electrons. The van der Waals surface area contributed by atoms with Crippen LogP contribution in [0.1, 0.15) is 16.1 Å². The van der Waals surface area contributed by atoms with Crippen LogP contribution >= 0.6 is 0 Å². The van der Waals surface area contributed by atoms with E-state index in [0.717, 1.165) is 5.56 Å². The van der Waals surface area contributed by atoms with Gasteiger partial charge >= 0.3 is 5.97 Å². The molecule has 1 N–H and O–H groups in total. The molecule has 0 bridgehead atoms. The minimum Gasteiger partial charge on any atom is -0.477 e. The van der Waals surface area contributed by atoms with Crippen LogP contribution in [0.15, 0.2) is 60.7 Å². The first-order valence-electron chi connectivity index (χ1n) is 6.58. The van der Waals surface area contributed by atoms with Gasteiger partial charge < -0.3 is 5.11 Å². The van der Waals surface area contributed by atoms with E-state index in [4.69, 9.17) is 5.26 Å². The molecule has 0 unspecified atom stereocenters. The highest BCUT2D eigenvalue weighted by Gasteiger charge is 2.16. The minimum absolute atomic E-state index is 0.0499. The second-order valence-electron chi connectivity index (χ2n) is 4.66. The van der Waals surface area contributed by atoms with Crippen LogP contribution < -0.4 is 0 Å². The van der Waals surface area contributed by atoms with Gasteiger partial charge in [-0.1, -0.05) is 36.4 Å². The van der Waals surface area contributed by atoms with Gasteiger partial charge in [-0.3, -0.25) is 0 Å². The van der Waals surface area contributed by atoms with Crippen molar-refractivity contribution in [1.82, 2.24) is 9.78 Å². The molecule has 1 heterocycles. The number of carboxylic acid groups (broad SMARTS) is 1. The Morgan fingerprint density at radius 3 is 2.55 bits per heavy atom. The van der Waals surface area contributed by atoms with Crippen LogP contribution in [0.2, 0.25) is 0 Å². The van der Waals surface area contributed by atoms with Crippen molar-refractivity contribution in [3.8, 4) is 23.0 Å². The van der Waals surface area contributed by atoms with Crippen LogP contribution in [-0.2, 0) is 0 Å². The Morgan fingerprint density at radius 2 is 1.86 bits per heavy atom. The fourth-order valence-electron chi connectivity index (χ4n) is 2.19. The van der Waals surface area contributed by atoms with E-state index in [1.165, 1.54) is 10.7 Å². The molecule has 0 fully saturated rings. The van der Waals surface area contributed by atoms with Crippen LogP contribution in [0, 0.1) is 11.3 Å². The van der Waals surface area contributed by atoms with E-state index >= 15 is 0 Å². The molecule has 0 aliphatic heterocycles. The molecular weight excluding hydrogens is 278 g/mol. The molecule has 0 radical (unpaired) electrons. The number of carbonyl (C=O) groups is 1. The summed E-state index contributed by atoms with van der Waals surface area (Å²) < 4.78 is 1.34. The molecular formula is C17H11N3O2. The van der Waals surface area contributed by atoms with Gasteiger partial charge in [0.2, 0.25) is 0 Å². The van der Waals surface area contributed by atoms with Gasteiger partial charge in [0.15, 0.2) is 5.69 Å². The van der Waals surface area contributed by atoms with Gasteiger partial charge in [-0.2, -0.15) is 10.4 Å². The Kier molecular flexibility index (Phi) is 3.42. The van der Waals surface area contributed by atoms with Crippen LogP contribution in [0.5, 0.6) is 0 Å². The second kappa shape index (κ2) is 5.54. The lowest BCUT2D eigenvalue weighted by molar-refractivity contribution is 0.0687. The summed E-state index contributed by atoms with van der Waals surface area (Å²) in [6, 6.07) is 19.6. The Labute approximate surface area is 126 Å². The molecule has 5 heteroatoms. The Morgan fingerprint density at radius 1 is 1.09 bits per heavy atom. The standard InChI is InChI=1S/C17H11N3O2/c18-11-12-5-4-8-14(9-12)20-16(17(21)22)10-15(19-20)13-6-2-1-3-7-13/h1-10H,(H,21,22). The summed E-state index contributed by atoms with van der Waals surface area (Å²) in [5.41, 5.74) is 2.44. The fraction of sp³-hybridized carbons (Fsp3) is 0. The summed E-state index contributed by atoms with van der Waals surface area (Å²) in [4.78, 5) is 11.5. The molecule has 0 atom stereocenters. The summed E-state index contributed by atoms with van der Waals surface area (Å²) >= 11 is 0. The van der Waals surface area contributed by atoms with Crippen molar-refractivity contribution < 1.29 is 9.90 Å². The monoisotopic (exact) mass is 289 g/mol. The molecule has 0 saturated heterocycles. The number of hydrogen-bond acceptors (Lipinski definition) is 3. The van der Waals surface area contributed by atoms with Crippen molar-refractivity contribution in [2.45, 2.75) is 0 Å². The quantitative estimate of drug-likeness (QED) is 0.803. The lowest BCUT2D eigenvalue weighted by Crippen LogP contribution is -2.07. The number of hydrogen-bond donors (Lipinski definition) is 1. The smallest absolute Gasteiger partial charge is 0.354 e. The van der Waals surface area contributed by atoms with Crippen LogP contribution in [0.25, 0.3) is 16.9 Å². The molecule has 0 amide bonds. The highest BCUT2D eigenvalue weighted by atomic mass is 16.4. The molecule has 22 heavy (non-hydrogen) atoms. The average Bonchev–Trinajstić information content (AvgIpc) is 3.01. The Bertz CT molecular complexity index is 876. The zero-order valence-corrected chi connectivity index (χ0v) is 11.5. The predicted octanol–water partition coefficient (Wildman–Crippen LogP) is 3.11. The maximum atomic E-state index is 11.5. The first-order valence-corrected chi connectivity index (χ1v) is 6.58. The predicted molar refractivity (Wildman–Crippen MR) is 80.7 cm³/mol. The van der Waals surface area contributed by atoms with Crippen molar-refractivity contribution in [2.75, 3.05) is 0 Å². The van der Waals surface area contributed by atoms with E-state index in [2.05, 4.69) is 5.10 Å². The van der Waals surface area contributed by atoms with E-state index in [9.17, 15) is 9.90 Å². The molecule has 0 aliphatic rings.